The Morgan fingerprint density at radius 1 is 0.286 bits per heavy atom. The van der Waals surface area contributed by atoms with E-state index in [0.717, 1.165) is 95.4 Å². The third kappa shape index (κ3) is 9.34. The second-order valence-corrected chi connectivity index (χ2v) is 25.7. The van der Waals surface area contributed by atoms with E-state index in [1.54, 1.807) is 0 Å². The second kappa shape index (κ2) is 22.7. The Morgan fingerprint density at radius 2 is 0.648 bits per heavy atom. The van der Waals surface area contributed by atoms with Gasteiger partial charge in [0.2, 0.25) is 0 Å². The smallest absolute Gasteiger partial charge is 0.252 e. The number of para-hydroxylation sites is 4. The molecule has 0 spiro atoms. The zero-order chi connectivity index (χ0) is 61.4. The maximum atomic E-state index is 2.69. The Hall–Kier alpha value is -10.7. The Bertz CT molecular complexity index is 4870. The average molecular weight is 1170 g/mol. The van der Waals surface area contributed by atoms with Crippen LogP contribution < -0.4 is 26.2 Å². The van der Waals surface area contributed by atoms with Gasteiger partial charge in [0.15, 0.2) is 0 Å². The number of fused-ring (bicyclic) bond motifs is 7. The van der Waals surface area contributed by atoms with Crippen molar-refractivity contribution in [2.24, 2.45) is 0 Å². The highest BCUT2D eigenvalue weighted by Gasteiger charge is 2.46. The zero-order valence-electron chi connectivity index (χ0n) is 52.4. The summed E-state index contributed by atoms with van der Waals surface area (Å²) in [5.74, 6) is 0.969. The van der Waals surface area contributed by atoms with Gasteiger partial charge in [-0.1, -0.05) is 302 Å². The molecule has 3 heterocycles. The van der Waals surface area contributed by atoms with Crippen molar-refractivity contribution in [1.82, 2.24) is 4.57 Å². The Kier molecular flexibility index (Phi) is 13.9. The van der Waals surface area contributed by atoms with Crippen LogP contribution >= 0.6 is 0 Å². The molecule has 2 aliphatic heterocycles. The summed E-state index contributed by atoms with van der Waals surface area (Å²) in [6.45, 7) is 14.0. The van der Waals surface area contributed by atoms with Gasteiger partial charge in [0.25, 0.3) is 6.71 Å². The first kappa shape index (κ1) is 55.6. The molecule has 16 rings (SSSR count). The SMILES string of the molecule is CC(C)c1cc(C(C)C)c(-c2ccc3c(c2)B2c4cc(-c5ccccc5)ccc4N(c4c(-c5ccccc5)cccc4-c4ccccc4)c4cc(-n5c6ccccc6c6ccccc65)cc(c42)N3c2c(-c3ccccc3)cccc2-c2ccccc2)c(C(C)C)c1. The first-order valence-electron chi connectivity index (χ1n) is 32.4. The number of benzene rings is 13. The molecule has 0 atom stereocenters. The molecule has 4 heteroatoms. The number of hydrogen-bond acceptors (Lipinski definition) is 2. The summed E-state index contributed by atoms with van der Waals surface area (Å²) in [7, 11) is 0. The van der Waals surface area contributed by atoms with Crippen LogP contribution in [0.25, 0.3) is 94.3 Å². The maximum Gasteiger partial charge on any atom is 0.252 e. The highest BCUT2D eigenvalue weighted by Crippen LogP contribution is 2.54. The van der Waals surface area contributed by atoms with Crippen LogP contribution in [0, 0.1) is 0 Å². The van der Waals surface area contributed by atoms with Crippen LogP contribution in [-0.2, 0) is 0 Å². The summed E-state index contributed by atoms with van der Waals surface area (Å²) in [5.41, 5.74) is 32.3. The number of nitrogens with zero attached hydrogens (tertiary/aromatic N) is 3. The molecule has 0 amide bonds. The lowest BCUT2D eigenvalue weighted by atomic mass is 9.33. The van der Waals surface area contributed by atoms with Crippen molar-refractivity contribution >= 4 is 79.0 Å². The van der Waals surface area contributed by atoms with Crippen LogP contribution in [0.15, 0.2) is 297 Å². The van der Waals surface area contributed by atoms with E-state index >= 15 is 0 Å². The lowest BCUT2D eigenvalue weighted by Gasteiger charge is -2.46. The van der Waals surface area contributed by atoms with Crippen molar-refractivity contribution < 1.29 is 0 Å². The maximum absolute atomic E-state index is 2.69. The van der Waals surface area contributed by atoms with Gasteiger partial charge in [-0.2, -0.15) is 0 Å². The minimum Gasteiger partial charge on any atom is -0.310 e. The lowest BCUT2D eigenvalue weighted by molar-refractivity contribution is 0.807. The number of hydrogen-bond donors (Lipinski definition) is 0. The minimum atomic E-state index is -0.230. The standard InChI is InChI=1S/C87H70BN3/c1-56(2)66-50-74(57(3)4)84(75(51-66)58(5)6)65-47-49-81-77(53-65)88-76-52-64(59-28-12-7-13-29-59)46-48-80(76)90(86-68(60-30-14-8-15-31-60)40-26-41-69(86)61-32-16-9-17-33-61)82-54-67(89-78-44-24-22-38-72(78)73-39-23-25-45-79(73)89)55-83(85(82)88)91(81)87-70(62-34-18-10-19-35-62)42-27-43-71(87)63-36-20-11-21-37-63/h7-58H,1-6H3. The molecule has 0 saturated carbocycles. The molecule has 13 aromatic carbocycles. The molecule has 0 aliphatic carbocycles. The predicted octanol–water partition coefficient (Wildman–Crippen LogP) is 22.2. The molecule has 0 bridgehead atoms. The van der Waals surface area contributed by atoms with Gasteiger partial charge in [0.1, 0.15) is 0 Å². The van der Waals surface area contributed by atoms with Gasteiger partial charge in [0, 0.05) is 55.8 Å². The fourth-order valence-electron chi connectivity index (χ4n) is 15.0. The Balaban J connectivity index is 1.12. The second-order valence-electron chi connectivity index (χ2n) is 25.7. The molecule has 91 heavy (non-hydrogen) atoms. The third-order valence-electron chi connectivity index (χ3n) is 19.3. The summed E-state index contributed by atoms with van der Waals surface area (Å²) < 4.78 is 2.53. The Morgan fingerprint density at radius 3 is 1.04 bits per heavy atom. The number of rotatable bonds is 12. The predicted molar refractivity (Wildman–Crippen MR) is 390 cm³/mol. The molecule has 0 radical (unpaired) electrons. The van der Waals surface area contributed by atoms with E-state index in [1.165, 1.54) is 66.1 Å². The van der Waals surface area contributed by atoms with Gasteiger partial charge in [-0.3, -0.25) is 0 Å². The first-order valence-corrected chi connectivity index (χ1v) is 32.4. The molecular weight excluding hydrogens is 1100 g/mol. The van der Waals surface area contributed by atoms with E-state index in [-0.39, 0.29) is 18.5 Å². The van der Waals surface area contributed by atoms with Crippen LogP contribution in [0.2, 0.25) is 0 Å². The normalized spacial score (nSPS) is 12.5. The fraction of sp³-hybridized carbons (Fsp3) is 0.103. The first-order chi connectivity index (χ1) is 44.7. The van der Waals surface area contributed by atoms with Gasteiger partial charge in [-0.15, -0.1) is 0 Å². The van der Waals surface area contributed by atoms with Crippen molar-refractivity contribution in [2.75, 3.05) is 9.80 Å². The number of anilines is 6. The largest absolute Gasteiger partial charge is 0.310 e. The van der Waals surface area contributed by atoms with Gasteiger partial charge >= 0.3 is 0 Å². The summed E-state index contributed by atoms with van der Waals surface area (Å²) in [5, 5.41) is 2.44. The van der Waals surface area contributed by atoms with Crippen molar-refractivity contribution in [3.05, 3.63) is 314 Å². The minimum absolute atomic E-state index is 0.230. The quantitative estimate of drug-likeness (QED) is 0.113. The summed E-state index contributed by atoms with van der Waals surface area (Å²) in [6.07, 6.45) is 0. The molecule has 2 aliphatic rings. The van der Waals surface area contributed by atoms with Crippen molar-refractivity contribution in [1.29, 1.82) is 0 Å². The third-order valence-corrected chi connectivity index (χ3v) is 19.3. The molecule has 14 aromatic rings. The van der Waals surface area contributed by atoms with Gasteiger partial charge in [0.05, 0.1) is 28.1 Å². The summed E-state index contributed by atoms with van der Waals surface area (Å²) in [6, 6.07) is 112. The average Bonchev–Trinajstić information content (AvgIpc) is 1.09. The fourth-order valence-corrected chi connectivity index (χ4v) is 15.0. The van der Waals surface area contributed by atoms with Gasteiger partial charge in [-0.25, -0.2) is 0 Å². The van der Waals surface area contributed by atoms with E-state index < -0.39 is 0 Å². The van der Waals surface area contributed by atoms with Crippen molar-refractivity contribution in [3.63, 3.8) is 0 Å². The molecule has 0 fully saturated rings. The highest BCUT2D eigenvalue weighted by molar-refractivity contribution is 7.00. The molecule has 0 unspecified atom stereocenters. The van der Waals surface area contributed by atoms with Crippen LogP contribution in [0.4, 0.5) is 34.1 Å². The molecule has 436 valence electrons. The van der Waals surface area contributed by atoms with E-state index in [4.69, 9.17) is 0 Å². The Labute approximate surface area is 535 Å². The molecule has 0 N–H and O–H groups in total. The van der Waals surface area contributed by atoms with Gasteiger partial charge in [-0.05, 0) is 132 Å². The lowest BCUT2D eigenvalue weighted by Crippen LogP contribution is -2.61. The van der Waals surface area contributed by atoms with Crippen molar-refractivity contribution in [2.45, 2.75) is 59.3 Å². The topological polar surface area (TPSA) is 11.4 Å². The number of aromatic nitrogens is 1. The summed E-state index contributed by atoms with van der Waals surface area (Å²) >= 11 is 0. The van der Waals surface area contributed by atoms with Crippen LogP contribution in [0.5, 0.6) is 0 Å². The highest BCUT2D eigenvalue weighted by atomic mass is 15.2. The molecule has 0 saturated heterocycles. The zero-order valence-corrected chi connectivity index (χ0v) is 52.4. The summed E-state index contributed by atoms with van der Waals surface area (Å²) in [4.78, 5) is 5.37. The van der Waals surface area contributed by atoms with Gasteiger partial charge < -0.3 is 14.4 Å². The van der Waals surface area contributed by atoms with E-state index in [2.05, 4.69) is 353 Å². The van der Waals surface area contributed by atoms with E-state index in [0.29, 0.717) is 5.92 Å². The van der Waals surface area contributed by atoms with E-state index in [1.807, 2.05) is 0 Å². The van der Waals surface area contributed by atoms with Crippen LogP contribution in [0.1, 0.15) is 76.0 Å². The molecule has 3 nitrogen and oxygen atoms in total. The van der Waals surface area contributed by atoms with Crippen molar-refractivity contribution in [3.8, 4) is 72.4 Å². The molecular formula is C87H70BN3. The van der Waals surface area contributed by atoms with E-state index in [9.17, 15) is 0 Å². The van der Waals surface area contributed by atoms with Crippen LogP contribution in [-0.4, -0.2) is 11.3 Å². The monoisotopic (exact) mass is 1170 g/mol. The molecule has 1 aromatic heterocycles. The van der Waals surface area contributed by atoms with Crippen LogP contribution in [0.3, 0.4) is 0 Å².